The van der Waals surface area contributed by atoms with Crippen LogP contribution in [0.15, 0.2) is 42.7 Å². The summed E-state index contributed by atoms with van der Waals surface area (Å²) in [7, 11) is 3.21. The molecule has 3 N–H and O–H groups in total. The highest BCUT2D eigenvalue weighted by atomic mass is 32.1. The molecule has 0 spiro atoms. The van der Waals surface area contributed by atoms with E-state index in [1.54, 1.807) is 38.7 Å². The van der Waals surface area contributed by atoms with Gasteiger partial charge in [0.25, 0.3) is 0 Å². The number of methoxy groups -OCH3 is 2. The van der Waals surface area contributed by atoms with E-state index in [0.717, 1.165) is 21.4 Å². The maximum absolute atomic E-state index is 11.7. The lowest BCUT2D eigenvalue weighted by Crippen LogP contribution is -2.20. The molecule has 11 heteroatoms. The van der Waals surface area contributed by atoms with Gasteiger partial charge >= 0.3 is 6.09 Å². The van der Waals surface area contributed by atoms with Crippen molar-refractivity contribution in [1.29, 1.82) is 0 Å². The number of hydrogen-bond donors (Lipinski definition) is 3. The van der Waals surface area contributed by atoms with Crippen molar-refractivity contribution in [3.8, 4) is 10.6 Å². The van der Waals surface area contributed by atoms with Crippen LogP contribution in [0, 0.1) is 0 Å². The number of anilines is 4. The van der Waals surface area contributed by atoms with E-state index in [9.17, 15) is 4.79 Å². The lowest BCUT2D eigenvalue weighted by molar-refractivity contribution is 0.107. The largest absolute Gasteiger partial charge is 0.447 e. The first-order chi connectivity index (χ1) is 15.6. The summed E-state index contributed by atoms with van der Waals surface area (Å²) < 4.78 is 15.0. The van der Waals surface area contributed by atoms with E-state index in [1.807, 2.05) is 25.1 Å². The summed E-state index contributed by atoms with van der Waals surface area (Å²) in [6.07, 6.45) is 2.94. The molecule has 3 aromatic rings. The summed E-state index contributed by atoms with van der Waals surface area (Å²) in [6, 6.07) is 9.13. The van der Waals surface area contributed by atoms with E-state index in [-0.39, 0.29) is 12.6 Å². The second-order valence-corrected chi connectivity index (χ2v) is 7.78. The van der Waals surface area contributed by atoms with Gasteiger partial charge in [0.1, 0.15) is 6.61 Å². The highest BCUT2D eigenvalue weighted by Crippen LogP contribution is 2.28. The second kappa shape index (κ2) is 11.9. The van der Waals surface area contributed by atoms with Crippen LogP contribution in [0.4, 0.5) is 27.2 Å². The number of amides is 1. The molecule has 1 aromatic carbocycles. The fourth-order valence-corrected chi connectivity index (χ4v) is 3.55. The number of thiazole rings is 1. The highest BCUT2D eigenvalue weighted by molar-refractivity contribution is 7.18. The van der Waals surface area contributed by atoms with Crippen molar-refractivity contribution >= 4 is 39.9 Å². The molecule has 1 amide bonds. The van der Waals surface area contributed by atoms with Gasteiger partial charge in [-0.1, -0.05) is 11.3 Å². The molecule has 3 rings (SSSR count). The van der Waals surface area contributed by atoms with Crippen LogP contribution < -0.4 is 16.0 Å². The molecule has 0 saturated carbocycles. The molecule has 0 radical (unpaired) electrons. The Balaban J connectivity index is 1.59. The summed E-state index contributed by atoms with van der Waals surface area (Å²) in [5.41, 5.74) is 2.16. The molecule has 170 valence electrons. The molecule has 1 atom stereocenters. The lowest BCUT2D eigenvalue weighted by atomic mass is 10.3. The lowest BCUT2D eigenvalue weighted by Gasteiger charge is -2.10. The molecule has 2 aromatic heterocycles. The molecular weight excluding hydrogens is 432 g/mol. The molecule has 2 heterocycles. The quantitative estimate of drug-likeness (QED) is 0.366. The number of carbonyl (C=O) groups is 1. The van der Waals surface area contributed by atoms with Crippen molar-refractivity contribution < 1.29 is 19.0 Å². The van der Waals surface area contributed by atoms with Crippen molar-refractivity contribution in [2.24, 2.45) is 0 Å². The van der Waals surface area contributed by atoms with Gasteiger partial charge in [0.2, 0.25) is 5.95 Å². The molecular formula is C21H26N6O4S. The van der Waals surface area contributed by atoms with E-state index in [0.29, 0.717) is 24.8 Å². The summed E-state index contributed by atoms with van der Waals surface area (Å²) in [5, 5.41) is 9.92. The van der Waals surface area contributed by atoms with Gasteiger partial charge in [0.05, 0.1) is 23.8 Å². The third-order valence-corrected chi connectivity index (χ3v) is 5.06. The summed E-state index contributed by atoms with van der Waals surface area (Å²) >= 11 is 1.51. The number of ether oxygens (including phenoxy) is 3. The van der Waals surface area contributed by atoms with Crippen molar-refractivity contribution in [3.05, 3.63) is 42.7 Å². The number of nitrogens with one attached hydrogen (secondary N) is 3. The van der Waals surface area contributed by atoms with Crippen LogP contribution in [0.25, 0.3) is 10.6 Å². The molecule has 0 saturated heterocycles. The van der Waals surface area contributed by atoms with Gasteiger partial charge in [-0.15, -0.1) is 0 Å². The van der Waals surface area contributed by atoms with Crippen LogP contribution in [0.3, 0.4) is 0 Å². The van der Waals surface area contributed by atoms with Crippen LogP contribution in [0.2, 0.25) is 0 Å². The zero-order valence-corrected chi connectivity index (χ0v) is 18.9. The third kappa shape index (κ3) is 7.15. The Morgan fingerprint density at radius 2 is 1.84 bits per heavy atom. The fourth-order valence-electron chi connectivity index (χ4n) is 2.66. The van der Waals surface area contributed by atoms with E-state index in [1.165, 1.54) is 11.3 Å². The van der Waals surface area contributed by atoms with Crippen molar-refractivity contribution in [1.82, 2.24) is 15.0 Å². The van der Waals surface area contributed by atoms with Crippen LogP contribution in [0.5, 0.6) is 0 Å². The zero-order valence-electron chi connectivity index (χ0n) is 18.1. The zero-order chi connectivity index (χ0) is 22.8. The molecule has 10 nitrogen and oxygen atoms in total. The van der Waals surface area contributed by atoms with Crippen LogP contribution in [0.1, 0.15) is 6.92 Å². The molecule has 1 unspecified atom stereocenters. The Labute approximate surface area is 190 Å². The second-order valence-electron chi connectivity index (χ2n) is 6.75. The minimum absolute atomic E-state index is 0.159. The standard InChI is InChI=1S/C21H26N6O4S/c1-14(13-30-3)24-20-23-12-18(32-20)17-8-9-22-19(27-17)25-15-4-6-16(7-5-15)26-21(28)31-11-10-29-2/h4-9,12,14H,10-11,13H2,1-3H3,(H,23,24)(H,26,28)(H,22,25,27). The fraction of sp³-hybridized carbons (Fsp3) is 0.333. The number of aromatic nitrogens is 3. The number of rotatable bonds is 11. The summed E-state index contributed by atoms with van der Waals surface area (Å²) in [6.45, 7) is 3.17. The number of benzene rings is 1. The minimum atomic E-state index is -0.533. The van der Waals surface area contributed by atoms with Gasteiger partial charge < -0.3 is 24.8 Å². The number of nitrogens with zero attached hydrogens (tertiary/aromatic N) is 3. The first kappa shape index (κ1) is 23.4. The van der Waals surface area contributed by atoms with Crippen LogP contribution >= 0.6 is 11.3 Å². The van der Waals surface area contributed by atoms with Crippen LogP contribution in [-0.4, -0.2) is 61.1 Å². The van der Waals surface area contributed by atoms with Crippen LogP contribution in [-0.2, 0) is 14.2 Å². The number of carbonyl (C=O) groups excluding carboxylic acids is 1. The molecule has 0 aliphatic rings. The Hall–Kier alpha value is -3.28. The SMILES string of the molecule is COCCOC(=O)Nc1ccc(Nc2nccc(-c3cnc(NC(C)COC)s3)n2)cc1. The van der Waals surface area contributed by atoms with Crippen molar-refractivity contribution in [3.63, 3.8) is 0 Å². The van der Waals surface area contributed by atoms with Crippen molar-refractivity contribution in [2.45, 2.75) is 13.0 Å². The minimum Gasteiger partial charge on any atom is -0.447 e. The van der Waals surface area contributed by atoms with E-state index < -0.39 is 6.09 Å². The van der Waals surface area contributed by atoms with Gasteiger partial charge in [-0.2, -0.15) is 0 Å². The molecule has 0 bridgehead atoms. The van der Waals surface area contributed by atoms with E-state index in [2.05, 4.69) is 30.9 Å². The Kier molecular flexibility index (Phi) is 8.72. The van der Waals surface area contributed by atoms with Gasteiger partial charge in [-0.05, 0) is 37.3 Å². The summed E-state index contributed by atoms with van der Waals surface area (Å²) in [5.74, 6) is 0.456. The monoisotopic (exact) mass is 458 g/mol. The number of hydrogen-bond acceptors (Lipinski definition) is 10. The molecule has 0 aliphatic heterocycles. The molecule has 32 heavy (non-hydrogen) atoms. The van der Waals surface area contributed by atoms with E-state index in [4.69, 9.17) is 14.2 Å². The van der Waals surface area contributed by atoms with Gasteiger partial charge in [-0.3, -0.25) is 5.32 Å². The first-order valence-corrected chi connectivity index (χ1v) is 10.7. The average Bonchev–Trinajstić information content (AvgIpc) is 3.24. The maximum Gasteiger partial charge on any atom is 0.411 e. The highest BCUT2D eigenvalue weighted by Gasteiger charge is 2.10. The van der Waals surface area contributed by atoms with Gasteiger partial charge in [0, 0.05) is 44.0 Å². The third-order valence-electron chi connectivity index (χ3n) is 4.11. The van der Waals surface area contributed by atoms with E-state index >= 15 is 0 Å². The average molecular weight is 459 g/mol. The van der Waals surface area contributed by atoms with Crippen molar-refractivity contribution in [2.75, 3.05) is 50.0 Å². The summed E-state index contributed by atoms with van der Waals surface area (Å²) in [4.78, 5) is 25.9. The Bertz CT molecular complexity index is 998. The Morgan fingerprint density at radius 3 is 2.59 bits per heavy atom. The van der Waals surface area contributed by atoms with Gasteiger partial charge in [-0.25, -0.2) is 19.7 Å². The smallest absolute Gasteiger partial charge is 0.411 e. The molecule has 0 aliphatic carbocycles. The maximum atomic E-state index is 11.7. The predicted molar refractivity (Wildman–Crippen MR) is 125 cm³/mol. The Morgan fingerprint density at radius 1 is 1.06 bits per heavy atom. The topological polar surface area (TPSA) is 120 Å². The predicted octanol–water partition coefficient (Wildman–Crippen LogP) is 3.99. The normalized spacial score (nSPS) is 11.6. The van der Waals surface area contributed by atoms with Gasteiger partial charge in [0.15, 0.2) is 5.13 Å². The molecule has 0 fully saturated rings. The first-order valence-electron chi connectivity index (χ1n) is 9.92.